The largest absolute Gasteiger partial charge is 0.294 e. The second-order valence-electron chi connectivity index (χ2n) is 5.10. The van der Waals surface area contributed by atoms with E-state index < -0.39 is 0 Å². The van der Waals surface area contributed by atoms with E-state index in [2.05, 4.69) is 0 Å². The van der Waals surface area contributed by atoms with Crippen molar-refractivity contribution in [1.29, 1.82) is 0 Å². The molecule has 1 nitrogen and oxygen atoms in total. The summed E-state index contributed by atoms with van der Waals surface area (Å²) in [6.07, 6.45) is 6.95. The maximum absolute atomic E-state index is 12.1. The van der Waals surface area contributed by atoms with Crippen LogP contribution < -0.4 is 0 Å². The van der Waals surface area contributed by atoms with Gasteiger partial charge in [0, 0.05) is 12.0 Å². The zero-order valence-corrected chi connectivity index (χ0v) is 11.1. The first kappa shape index (κ1) is 12.6. The van der Waals surface area contributed by atoms with Crippen molar-refractivity contribution in [3.8, 4) is 0 Å². The molecule has 0 aromatic heterocycles. The summed E-state index contributed by atoms with van der Waals surface area (Å²) in [5.41, 5.74) is 1.79. The highest BCUT2D eigenvalue weighted by atomic mass is 35.5. The molecule has 1 aliphatic rings. The molecule has 1 aromatic rings. The Balaban J connectivity index is 1.96. The van der Waals surface area contributed by atoms with Crippen molar-refractivity contribution in [3.05, 3.63) is 34.3 Å². The van der Waals surface area contributed by atoms with Crippen molar-refractivity contribution in [2.45, 2.75) is 45.4 Å². The molecular formula is C15H19ClO. The smallest absolute Gasteiger partial charge is 0.164 e. The van der Waals surface area contributed by atoms with E-state index in [4.69, 9.17) is 11.6 Å². The molecule has 2 rings (SSSR count). The van der Waals surface area contributed by atoms with Gasteiger partial charge in [0.15, 0.2) is 5.78 Å². The second-order valence-corrected chi connectivity index (χ2v) is 5.50. The zero-order chi connectivity index (χ0) is 12.3. The molecule has 2 heteroatoms. The molecule has 1 fully saturated rings. The average Bonchev–Trinajstić information content (AvgIpc) is 2.82. The lowest BCUT2D eigenvalue weighted by molar-refractivity contribution is 0.0974. The van der Waals surface area contributed by atoms with Gasteiger partial charge in [-0.3, -0.25) is 4.79 Å². The minimum Gasteiger partial charge on any atom is -0.294 e. The Bertz CT molecular complexity index is 405. The summed E-state index contributed by atoms with van der Waals surface area (Å²) in [6.45, 7) is 1.99. The number of halogens is 1. The van der Waals surface area contributed by atoms with E-state index in [-0.39, 0.29) is 5.78 Å². The van der Waals surface area contributed by atoms with E-state index >= 15 is 0 Å². The number of hydrogen-bond acceptors (Lipinski definition) is 1. The van der Waals surface area contributed by atoms with Crippen molar-refractivity contribution < 1.29 is 4.79 Å². The van der Waals surface area contributed by atoms with E-state index in [1.54, 1.807) is 0 Å². The van der Waals surface area contributed by atoms with Gasteiger partial charge in [-0.2, -0.15) is 0 Å². The lowest BCUT2D eigenvalue weighted by Gasteiger charge is -2.09. The Morgan fingerprint density at radius 1 is 1.35 bits per heavy atom. The van der Waals surface area contributed by atoms with Gasteiger partial charge in [0.05, 0.1) is 5.02 Å². The van der Waals surface area contributed by atoms with Crippen LogP contribution in [0.5, 0.6) is 0 Å². The van der Waals surface area contributed by atoms with E-state index in [1.165, 1.54) is 25.7 Å². The van der Waals surface area contributed by atoms with Crippen LogP contribution in [0.2, 0.25) is 5.02 Å². The third-order valence-corrected chi connectivity index (χ3v) is 4.01. The van der Waals surface area contributed by atoms with E-state index in [0.29, 0.717) is 17.0 Å². The van der Waals surface area contributed by atoms with Crippen LogP contribution in [0.15, 0.2) is 18.2 Å². The number of Topliss-reactive ketones (excluding diaryl/α,β-unsaturated/α-hetero) is 1. The van der Waals surface area contributed by atoms with Crippen molar-refractivity contribution in [3.63, 3.8) is 0 Å². The SMILES string of the molecule is Cc1ccc(Cl)c(C(=O)CCC2CCCC2)c1. The maximum atomic E-state index is 12.1. The molecule has 92 valence electrons. The lowest BCUT2D eigenvalue weighted by Crippen LogP contribution is -2.04. The predicted molar refractivity (Wildman–Crippen MR) is 71.7 cm³/mol. The summed E-state index contributed by atoms with van der Waals surface area (Å²) in [5, 5.41) is 0.590. The molecule has 0 atom stereocenters. The van der Waals surface area contributed by atoms with E-state index in [0.717, 1.165) is 17.9 Å². The Kier molecular flexibility index (Phi) is 4.22. The minimum atomic E-state index is 0.200. The summed E-state index contributed by atoms with van der Waals surface area (Å²) >= 11 is 6.07. The first-order valence-electron chi connectivity index (χ1n) is 6.46. The third-order valence-electron chi connectivity index (χ3n) is 3.68. The molecule has 1 aromatic carbocycles. The van der Waals surface area contributed by atoms with Gasteiger partial charge in [-0.25, -0.2) is 0 Å². The van der Waals surface area contributed by atoms with Gasteiger partial charge in [0.25, 0.3) is 0 Å². The molecule has 0 amide bonds. The van der Waals surface area contributed by atoms with Crippen LogP contribution in [-0.4, -0.2) is 5.78 Å². The Morgan fingerprint density at radius 2 is 2.06 bits per heavy atom. The molecule has 0 bridgehead atoms. The predicted octanol–water partition coefficient (Wildman–Crippen LogP) is 4.80. The molecule has 0 radical (unpaired) electrons. The van der Waals surface area contributed by atoms with Crippen molar-refractivity contribution in [2.75, 3.05) is 0 Å². The highest BCUT2D eigenvalue weighted by molar-refractivity contribution is 6.34. The number of benzene rings is 1. The van der Waals surface area contributed by atoms with Gasteiger partial charge >= 0.3 is 0 Å². The molecule has 0 heterocycles. The Morgan fingerprint density at radius 3 is 2.76 bits per heavy atom. The number of carbonyl (C=O) groups is 1. The fourth-order valence-corrected chi connectivity index (χ4v) is 2.84. The molecule has 1 saturated carbocycles. The maximum Gasteiger partial charge on any atom is 0.164 e. The topological polar surface area (TPSA) is 17.1 Å². The van der Waals surface area contributed by atoms with E-state index in [1.807, 2.05) is 25.1 Å². The first-order valence-corrected chi connectivity index (χ1v) is 6.84. The molecule has 0 spiro atoms. The molecule has 0 unspecified atom stereocenters. The van der Waals surface area contributed by atoms with Crippen LogP contribution >= 0.6 is 11.6 Å². The van der Waals surface area contributed by atoms with Crippen LogP contribution in [0.1, 0.15) is 54.4 Å². The Hall–Kier alpha value is -0.820. The standard InChI is InChI=1S/C15H19ClO/c1-11-6-8-14(16)13(10-11)15(17)9-7-12-4-2-3-5-12/h6,8,10,12H,2-5,7,9H2,1H3. The highest BCUT2D eigenvalue weighted by Gasteiger charge is 2.17. The fourth-order valence-electron chi connectivity index (χ4n) is 2.62. The molecule has 0 aliphatic heterocycles. The molecular weight excluding hydrogens is 232 g/mol. The van der Waals surface area contributed by atoms with Gasteiger partial charge in [-0.05, 0) is 31.4 Å². The van der Waals surface area contributed by atoms with Crippen LogP contribution in [0.4, 0.5) is 0 Å². The minimum absolute atomic E-state index is 0.200. The molecule has 1 aliphatic carbocycles. The van der Waals surface area contributed by atoms with Gasteiger partial charge in [0.2, 0.25) is 0 Å². The lowest BCUT2D eigenvalue weighted by atomic mass is 9.97. The van der Waals surface area contributed by atoms with Crippen LogP contribution in [0.3, 0.4) is 0 Å². The number of aryl methyl sites for hydroxylation is 1. The second kappa shape index (κ2) is 5.68. The molecule has 0 saturated heterocycles. The number of hydrogen-bond donors (Lipinski definition) is 0. The average molecular weight is 251 g/mol. The van der Waals surface area contributed by atoms with Crippen LogP contribution in [0.25, 0.3) is 0 Å². The number of carbonyl (C=O) groups excluding carboxylic acids is 1. The summed E-state index contributed by atoms with van der Waals surface area (Å²) < 4.78 is 0. The van der Waals surface area contributed by atoms with Crippen molar-refractivity contribution in [2.24, 2.45) is 5.92 Å². The number of rotatable bonds is 4. The summed E-state index contributed by atoms with van der Waals surface area (Å²) in [6, 6.07) is 5.66. The van der Waals surface area contributed by atoms with Gasteiger partial charge in [-0.1, -0.05) is 48.9 Å². The highest BCUT2D eigenvalue weighted by Crippen LogP contribution is 2.29. The zero-order valence-electron chi connectivity index (χ0n) is 10.3. The third kappa shape index (κ3) is 3.32. The molecule has 17 heavy (non-hydrogen) atoms. The van der Waals surface area contributed by atoms with Crippen LogP contribution in [-0.2, 0) is 0 Å². The van der Waals surface area contributed by atoms with Gasteiger partial charge in [0.1, 0.15) is 0 Å². The van der Waals surface area contributed by atoms with Gasteiger partial charge in [-0.15, -0.1) is 0 Å². The van der Waals surface area contributed by atoms with E-state index in [9.17, 15) is 4.79 Å². The van der Waals surface area contributed by atoms with Crippen molar-refractivity contribution in [1.82, 2.24) is 0 Å². The summed E-state index contributed by atoms with van der Waals surface area (Å²) in [4.78, 5) is 12.1. The van der Waals surface area contributed by atoms with Crippen LogP contribution in [0, 0.1) is 12.8 Å². The summed E-state index contributed by atoms with van der Waals surface area (Å²) in [7, 11) is 0. The van der Waals surface area contributed by atoms with Gasteiger partial charge < -0.3 is 0 Å². The molecule has 0 N–H and O–H groups in total. The quantitative estimate of drug-likeness (QED) is 0.702. The normalized spacial score (nSPS) is 16.4. The monoisotopic (exact) mass is 250 g/mol. The summed E-state index contributed by atoms with van der Waals surface area (Å²) in [5.74, 6) is 0.966. The first-order chi connectivity index (χ1) is 8.16. The van der Waals surface area contributed by atoms with Crippen molar-refractivity contribution >= 4 is 17.4 Å². The fraction of sp³-hybridized carbons (Fsp3) is 0.533. The Labute approximate surface area is 108 Å². The number of ketones is 1.